The first-order chi connectivity index (χ1) is 9.08. The molecule has 0 atom stereocenters. The average molecular weight is 282 g/mol. The van der Waals surface area contributed by atoms with Gasteiger partial charge in [-0.2, -0.15) is 0 Å². The molecule has 1 aromatic carbocycles. The number of nitrogens with zero attached hydrogens (tertiary/aromatic N) is 1. The second kappa shape index (κ2) is 6.19. The minimum atomic E-state index is -0.634. The predicted octanol–water partition coefficient (Wildman–Crippen LogP) is 3.17. The maximum absolute atomic E-state index is 13.3. The van der Waals surface area contributed by atoms with Crippen LogP contribution in [0.15, 0.2) is 18.2 Å². The van der Waals surface area contributed by atoms with E-state index in [2.05, 4.69) is 5.32 Å². The molecule has 0 aromatic heterocycles. The van der Waals surface area contributed by atoms with Crippen LogP contribution in [0.5, 0.6) is 5.75 Å². The topological polar surface area (TPSA) is 35.5 Å². The summed E-state index contributed by atoms with van der Waals surface area (Å²) in [4.78, 5) is 1.73. The van der Waals surface area contributed by atoms with Gasteiger partial charge in [-0.05, 0) is 37.2 Å². The van der Waals surface area contributed by atoms with E-state index in [-0.39, 0.29) is 5.75 Å². The third-order valence-electron chi connectivity index (χ3n) is 3.56. The molecule has 0 aliphatic heterocycles. The van der Waals surface area contributed by atoms with Crippen LogP contribution in [0.25, 0.3) is 0 Å². The molecule has 5 heteroatoms. The fourth-order valence-electron chi connectivity index (χ4n) is 2.34. The molecule has 0 bridgehead atoms. The van der Waals surface area contributed by atoms with Crippen molar-refractivity contribution < 1.29 is 9.50 Å². The smallest absolute Gasteiger partial charge is 0.173 e. The highest BCUT2D eigenvalue weighted by Crippen LogP contribution is 2.22. The highest BCUT2D eigenvalue weighted by molar-refractivity contribution is 7.80. The van der Waals surface area contributed by atoms with Crippen LogP contribution in [0.3, 0.4) is 0 Å². The lowest BCUT2D eigenvalue weighted by Gasteiger charge is -2.28. The van der Waals surface area contributed by atoms with Crippen molar-refractivity contribution in [2.75, 3.05) is 11.9 Å². The Morgan fingerprint density at radius 3 is 2.68 bits per heavy atom. The molecule has 1 aliphatic rings. The highest BCUT2D eigenvalue weighted by Gasteiger charge is 2.16. The van der Waals surface area contributed by atoms with Crippen molar-refractivity contribution in [3.63, 3.8) is 0 Å². The number of benzene rings is 1. The molecular formula is C14H19FN2OS. The lowest BCUT2D eigenvalue weighted by atomic mass is 9.96. The van der Waals surface area contributed by atoms with Crippen LogP contribution >= 0.6 is 12.2 Å². The number of rotatable bonds is 2. The molecule has 0 spiro atoms. The summed E-state index contributed by atoms with van der Waals surface area (Å²) < 4.78 is 13.3. The van der Waals surface area contributed by atoms with Gasteiger partial charge in [-0.3, -0.25) is 0 Å². The number of anilines is 1. The summed E-state index contributed by atoms with van der Waals surface area (Å²) in [6.07, 6.45) is 6.04. The summed E-state index contributed by atoms with van der Waals surface area (Å²) in [6.45, 7) is 0. The van der Waals surface area contributed by atoms with Crippen molar-refractivity contribution >= 4 is 23.0 Å². The second-order valence-corrected chi connectivity index (χ2v) is 5.37. The first-order valence-electron chi connectivity index (χ1n) is 6.60. The summed E-state index contributed by atoms with van der Waals surface area (Å²) in [5.41, 5.74) is 0.628. The third kappa shape index (κ3) is 3.56. The molecule has 1 saturated carbocycles. The zero-order chi connectivity index (χ0) is 13.8. The number of aromatic hydroxyl groups is 1. The molecular weight excluding hydrogens is 263 g/mol. The molecule has 0 amide bonds. The SMILES string of the molecule is CN(C(=S)NC1CCCCC1)c1ccc(O)c(F)c1. The van der Waals surface area contributed by atoms with Gasteiger partial charge in [-0.25, -0.2) is 4.39 Å². The first kappa shape index (κ1) is 14.1. The number of nitrogens with one attached hydrogen (secondary N) is 1. The molecule has 2 rings (SSSR count). The number of hydrogen-bond donors (Lipinski definition) is 2. The standard InChI is InChI=1S/C14H19FN2OS/c1-17(11-7-8-13(18)12(15)9-11)14(19)16-10-5-3-2-4-6-10/h7-10,18H,2-6H2,1H3,(H,16,19). The van der Waals surface area contributed by atoms with Crippen LogP contribution < -0.4 is 10.2 Å². The molecule has 3 nitrogen and oxygen atoms in total. The zero-order valence-electron chi connectivity index (χ0n) is 11.0. The molecule has 1 aromatic rings. The van der Waals surface area contributed by atoms with Crippen molar-refractivity contribution in [1.29, 1.82) is 0 Å². The fourth-order valence-corrected chi connectivity index (χ4v) is 2.61. The van der Waals surface area contributed by atoms with Crippen molar-refractivity contribution in [3.05, 3.63) is 24.0 Å². The maximum Gasteiger partial charge on any atom is 0.173 e. The van der Waals surface area contributed by atoms with E-state index >= 15 is 0 Å². The number of thiocarbonyl (C=S) groups is 1. The Balaban J connectivity index is 1.99. The molecule has 0 unspecified atom stereocenters. The van der Waals surface area contributed by atoms with Gasteiger partial charge >= 0.3 is 0 Å². The van der Waals surface area contributed by atoms with E-state index in [4.69, 9.17) is 12.2 Å². The number of halogens is 1. The van der Waals surface area contributed by atoms with Gasteiger partial charge in [-0.15, -0.1) is 0 Å². The molecule has 19 heavy (non-hydrogen) atoms. The van der Waals surface area contributed by atoms with Crippen LogP contribution in [0.4, 0.5) is 10.1 Å². The molecule has 1 fully saturated rings. The van der Waals surface area contributed by atoms with Crippen molar-refractivity contribution in [1.82, 2.24) is 5.32 Å². The number of hydrogen-bond acceptors (Lipinski definition) is 2. The minimum Gasteiger partial charge on any atom is -0.505 e. The number of phenolic OH excluding ortho intramolecular Hbond substituents is 1. The van der Waals surface area contributed by atoms with Crippen LogP contribution in [-0.4, -0.2) is 23.3 Å². The summed E-state index contributed by atoms with van der Waals surface area (Å²) in [7, 11) is 1.80. The Morgan fingerprint density at radius 1 is 1.37 bits per heavy atom. The molecule has 0 radical (unpaired) electrons. The van der Waals surface area contributed by atoms with E-state index in [1.807, 2.05) is 0 Å². The summed E-state index contributed by atoms with van der Waals surface area (Å²) in [5, 5.41) is 13.1. The predicted molar refractivity (Wildman–Crippen MR) is 79.1 cm³/mol. The Kier molecular flexibility index (Phi) is 4.58. The van der Waals surface area contributed by atoms with Crippen LogP contribution in [0.2, 0.25) is 0 Å². The van der Waals surface area contributed by atoms with Gasteiger partial charge in [0.1, 0.15) is 0 Å². The van der Waals surface area contributed by atoms with Crippen LogP contribution in [-0.2, 0) is 0 Å². The maximum atomic E-state index is 13.3. The van der Waals surface area contributed by atoms with E-state index in [0.717, 1.165) is 12.8 Å². The Labute approximate surface area is 118 Å². The first-order valence-corrected chi connectivity index (χ1v) is 7.01. The van der Waals surface area contributed by atoms with Gasteiger partial charge in [0.2, 0.25) is 0 Å². The zero-order valence-corrected chi connectivity index (χ0v) is 11.8. The number of phenols is 1. The lowest BCUT2D eigenvalue weighted by molar-refractivity contribution is 0.413. The monoisotopic (exact) mass is 282 g/mol. The highest BCUT2D eigenvalue weighted by atomic mass is 32.1. The van der Waals surface area contributed by atoms with E-state index in [1.54, 1.807) is 18.0 Å². The Morgan fingerprint density at radius 2 is 2.05 bits per heavy atom. The lowest BCUT2D eigenvalue weighted by Crippen LogP contribution is -2.43. The normalized spacial score (nSPS) is 16.1. The molecule has 0 heterocycles. The van der Waals surface area contributed by atoms with Gasteiger partial charge in [0.25, 0.3) is 0 Å². The van der Waals surface area contributed by atoms with E-state index in [9.17, 15) is 9.50 Å². The second-order valence-electron chi connectivity index (χ2n) is 4.98. The van der Waals surface area contributed by atoms with Gasteiger partial charge < -0.3 is 15.3 Å². The largest absolute Gasteiger partial charge is 0.505 e. The van der Waals surface area contributed by atoms with Crippen LogP contribution in [0, 0.1) is 5.82 Å². The van der Waals surface area contributed by atoms with Crippen molar-refractivity contribution in [3.8, 4) is 5.75 Å². The van der Waals surface area contributed by atoms with Crippen molar-refractivity contribution in [2.24, 2.45) is 0 Å². The molecule has 104 valence electrons. The van der Waals surface area contributed by atoms with E-state index < -0.39 is 5.82 Å². The third-order valence-corrected chi connectivity index (χ3v) is 3.95. The summed E-state index contributed by atoms with van der Waals surface area (Å²) in [5.74, 6) is -0.979. The molecule has 2 N–H and O–H groups in total. The Bertz CT molecular complexity index is 461. The van der Waals surface area contributed by atoms with Gasteiger partial charge in [-0.1, -0.05) is 19.3 Å². The Hall–Kier alpha value is -1.36. The summed E-state index contributed by atoms with van der Waals surface area (Å²) in [6, 6.07) is 4.69. The molecule has 1 aliphatic carbocycles. The summed E-state index contributed by atoms with van der Waals surface area (Å²) >= 11 is 5.35. The molecule has 0 saturated heterocycles. The van der Waals surface area contributed by atoms with Crippen molar-refractivity contribution in [2.45, 2.75) is 38.1 Å². The van der Waals surface area contributed by atoms with E-state index in [0.29, 0.717) is 16.8 Å². The minimum absolute atomic E-state index is 0.344. The van der Waals surface area contributed by atoms with Gasteiger partial charge in [0, 0.05) is 24.8 Å². The van der Waals surface area contributed by atoms with Gasteiger partial charge in [0.15, 0.2) is 16.7 Å². The average Bonchev–Trinajstić information content (AvgIpc) is 2.42. The quantitative estimate of drug-likeness (QED) is 0.817. The van der Waals surface area contributed by atoms with Crippen LogP contribution in [0.1, 0.15) is 32.1 Å². The van der Waals surface area contributed by atoms with E-state index in [1.165, 1.54) is 31.4 Å². The van der Waals surface area contributed by atoms with Gasteiger partial charge in [0.05, 0.1) is 0 Å². The fraction of sp³-hybridized carbons (Fsp3) is 0.500.